The molecule has 1 aliphatic heterocycles. The van der Waals surface area contributed by atoms with E-state index in [1.54, 1.807) is 24.1 Å². The van der Waals surface area contributed by atoms with E-state index < -0.39 is 5.92 Å². The topological polar surface area (TPSA) is 86.3 Å². The molecule has 1 unspecified atom stereocenters. The number of aryl methyl sites for hydroxylation is 1. The standard InChI is InChI=1S/C22H26N2O6/c1-13-6-7-17(27-2)16(8-13)24-12-14(9-20(24)25)22(26)23-15-10-18(28-3)21(30-5)19(11-15)29-4/h6-8,10-11,14H,9,12H2,1-5H3,(H,23,26). The van der Waals surface area contributed by atoms with Gasteiger partial charge in [0.25, 0.3) is 0 Å². The zero-order valence-electron chi connectivity index (χ0n) is 17.8. The molecule has 1 atom stereocenters. The minimum Gasteiger partial charge on any atom is -0.495 e. The van der Waals surface area contributed by atoms with Gasteiger partial charge in [-0.1, -0.05) is 6.07 Å². The van der Waals surface area contributed by atoms with Crippen LogP contribution in [0.2, 0.25) is 0 Å². The van der Waals surface area contributed by atoms with Crippen LogP contribution in [0, 0.1) is 12.8 Å². The summed E-state index contributed by atoms with van der Waals surface area (Å²) in [6.45, 7) is 2.22. The summed E-state index contributed by atoms with van der Waals surface area (Å²) in [5, 5.41) is 2.85. The average molecular weight is 414 g/mol. The van der Waals surface area contributed by atoms with Crippen LogP contribution in [-0.4, -0.2) is 46.8 Å². The van der Waals surface area contributed by atoms with Crippen molar-refractivity contribution in [3.05, 3.63) is 35.9 Å². The van der Waals surface area contributed by atoms with Crippen molar-refractivity contribution in [2.45, 2.75) is 13.3 Å². The first-order valence-corrected chi connectivity index (χ1v) is 9.47. The number of nitrogens with one attached hydrogen (secondary N) is 1. The van der Waals surface area contributed by atoms with Gasteiger partial charge in [0, 0.05) is 30.8 Å². The van der Waals surface area contributed by atoms with Crippen LogP contribution in [0.1, 0.15) is 12.0 Å². The van der Waals surface area contributed by atoms with Gasteiger partial charge in [-0.2, -0.15) is 0 Å². The minimum atomic E-state index is -0.498. The summed E-state index contributed by atoms with van der Waals surface area (Å²) in [6, 6.07) is 8.92. The first-order chi connectivity index (χ1) is 14.4. The van der Waals surface area contributed by atoms with Crippen molar-refractivity contribution in [1.29, 1.82) is 0 Å². The van der Waals surface area contributed by atoms with E-state index in [4.69, 9.17) is 18.9 Å². The number of rotatable bonds is 7. The molecule has 1 aliphatic rings. The van der Waals surface area contributed by atoms with Crippen LogP contribution in [0.4, 0.5) is 11.4 Å². The third kappa shape index (κ3) is 4.12. The largest absolute Gasteiger partial charge is 0.495 e. The van der Waals surface area contributed by atoms with Gasteiger partial charge in [-0.05, 0) is 24.6 Å². The van der Waals surface area contributed by atoms with Gasteiger partial charge in [-0.25, -0.2) is 0 Å². The molecule has 3 rings (SSSR count). The second-order valence-corrected chi connectivity index (χ2v) is 6.98. The molecule has 1 N–H and O–H groups in total. The third-order valence-corrected chi connectivity index (χ3v) is 5.05. The second-order valence-electron chi connectivity index (χ2n) is 6.98. The Bertz CT molecular complexity index is 934. The van der Waals surface area contributed by atoms with E-state index in [1.807, 2.05) is 25.1 Å². The molecule has 0 aliphatic carbocycles. The maximum absolute atomic E-state index is 12.9. The number of hydrogen-bond acceptors (Lipinski definition) is 6. The lowest BCUT2D eigenvalue weighted by Gasteiger charge is -2.20. The van der Waals surface area contributed by atoms with Gasteiger partial charge in [0.05, 0.1) is 40.0 Å². The lowest BCUT2D eigenvalue weighted by atomic mass is 10.1. The van der Waals surface area contributed by atoms with Gasteiger partial charge < -0.3 is 29.2 Å². The zero-order chi connectivity index (χ0) is 21.8. The number of amides is 2. The van der Waals surface area contributed by atoms with E-state index in [-0.39, 0.29) is 24.8 Å². The van der Waals surface area contributed by atoms with Gasteiger partial charge in [-0.15, -0.1) is 0 Å². The maximum atomic E-state index is 12.9. The Morgan fingerprint density at radius 3 is 2.17 bits per heavy atom. The van der Waals surface area contributed by atoms with Gasteiger partial charge in [0.15, 0.2) is 11.5 Å². The smallest absolute Gasteiger partial charge is 0.229 e. The first-order valence-electron chi connectivity index (χ1n) is 9.47. The molecular weight excluding hydrogens is 388 g/mol. The van der Waals surface area contributed by atoms with Gasteiger partial charge in [0.1, 0.15) is 5.75 Å². The van der Waals surface area contributed by atoms with Crippen molar-refractivity contribution < 1.29 is 28.5 Å². The molecule has 2 amide bonds. The predicted octanol–water partition coefficient (Wildman–Crippen LogP) is 3.02. The van der Waals surface area contributed by atoms with E-state index in [2.05, 4.69) is 5.32 Å². The fourth-order valence-electron chi connectivity index (χ4n) is 3.52. The molecule has 160 valence electrons. The van der Waals surface area contributed by atoms with Gasteiger partial charge >= 0.3 is 0 Å². The lowest BCUT2D eigenvalue weighted by Crippen LogP contribution is -2.28. The van der Waals surface area contributed by atoms with E-state index in [0.717, 1.165) is 5.56 Å². The average Bonchev–Trinajstić information content (AvgIpc) is 3.14. The number of nitrogens with zero attached hydrogens (tertiary/aromatic N) is 1. The highest BCUT2D eigenvalue weighted by Gasteiger charge is 2.36. The molecule has 0 radical (unpaired) electrons. The van der Waals surface area contributed by atoms with Gasteiger partial charge in [-0.3, -0.25) is 9.59 Å². The van der Waals surface area contributed by atoms with E-state index >= 15 is 0 Å². The van der Waals surface area contributed by atoms with E-state index in [0.29, 0.717) is 34.4 Å². The molecule has 1 heterocycles. The molecule has 1 saturated heterocycles. The summed E-state index contributed by atoms with van der Waals surface area (Å²) in [7, 11) is 6.08. The molecule has 8 nitrogen and oxygen atoms in total. The lowest BCUT2D eigenvalue weighted by molar-refractivity contribution is -0.122. The van der Waals surface area contributed by atoms with Crippen molar-refractivity contribution in [2.24, 2.45) is 5.92 Å². The molecule has 8 heteroatoms. The van der Waals surface area contributed by atoms with Crippen molar-refractivity contribution in [1.82, 2.24) is 0 Å². The first kappa shape index (κ1) is 21.3. The SMILES string of the molecule is COc1ccc(C)cc1N1CC(C(=O)Nc2cc(OC)c(OC)c(OC)c2)CC1=O. The molecule has 2 aromatic carbocycles. The summed E-state index contributed by atoms with van der Waals surface area (Å²) < 4.78 is 21.3. The molecular formula is C22H26N2O6. The number of anilines is 2. The monoisotopic (exact) mass is 414 g/mol. The summed E-state index contributed by atoms with van der Waals surface area (Å²) in [6.07, 6.45) is 0.118. The Labute approximate surface area is 175 Å². The van der Waals surface area contributed by atoms with Crippen LogP contribution in [-0.2, 0) is 9.59 Å². The fraction of sp³-hybridized carbons (Fsp3) is 0.364. The normalized spacial score (nSPS) is 15.7. The molecule has 2 aromatic rings. The summed E-state index contributed by atoms with van der Waals surface area (Å²) in [5.41, 5.74) is 2.17. The van der Waals surface area contributed by atoms with Crippen molar-refractivity contribution >= 4 is 23.2 Å². The highest BCUT2D eigenvalue weighted by atomic mass is 16.5. The highest BCUT2D eigenvalue weighted by molar-refractivity contribution is 6.04. The number of carbonyl (C=O) groups excluding carboxylic acids is 2. The summed E-state index contributed by atoms with van der Waals surface area (Å²) >= 11 is 0. The summed E-state index contributed by atoms with van der Waals surface area (Å²) in [5.74, 6) is 1.02. The number of carbonyl (C=O) groups is 2. The van der Waals surface area contributed by atoms with Crippen molar-refractivity contribution in [3.63, 3.8) is 0 Å². The summed E-state index contributed by atoms with van der Waals surface area (Å²) in [4.78, 5) is 27.1. The van der Waals surface area contributed by atoms with Crippen LogP contribution < -0.4 is 29.2 Å². The van der Waals surface area contributed by atoms with Crippen LogP contribution in [0.5, 0.6) is 23.0 Å². The van der Waals surface area contributed by atoms with Crippen LogP contribution >= 0.6 is 0 Å². The van der Waals surface area contributed by atoms with Crippen molar-refractivity contribution in [3.8, 4) is 23.0 Å². The molecule has 1 fully saturated rings. The van der Waals surface area contributed by atoms with E-state index in [9.17, 15) is 9.59 Å². The maximum Gasteiger partial charge on any atom is 0.229 e. The van der Waals surface area contributed by atoms with Gasteiger partial charge in [0.2, 0.25) is 17.6 Å². The van der Waals surface area contributed by atoms with Crippen molar-refractivity contribution in [2.75, 3.05) is 45.2 Å². The molecule has 0 saturated carbocycles. The predicted molar refractivity (Wildman–Crippen MR) is 113 cm³/mol. The van der Waals surface area contributed by atoms with Crippen LogP contribution in [0.25, 0.3) is 0 Å². The Hall–Kier alpha value is -3.42. The number of benzene rings is 2. The number of ether oxygens (including phenoxy) is 4. The quantitative estimate of drug-likeness (QED) is 0.750. The number of hydrogen-bond donors (Lipinski definition) is 1. The Morgan fingerprint density at radius 2 is 1.60 bits per heavy atom. The minimum absolute atomic E-state index is 0.118. The van der Waals surface area contributed by atoms with E-state index in [1.165, 1.54) is 21.3 Å². The van der Waals surface area contributed by atoms with Crippen LogP contribution in [0.3, 0.4) is 0 Å². The van der Waals surface area contributed by atoms with Crippen LogP contribution in [0.15, 0.2) is 30.3 Å². The zero-order valence-corrected chi connectivity index (χ0v) is 17.8. The Balaban J connectivity index is 1.80. The number of methoxy groups -OCH3 is 4. The fourth-order valence-corrected chi connectivity index (χ4v) is 3.52. The molecule has 0 spiro atoms. The third-order valence-electron chi connectivity index (χ3n) is 5.05. The Kier molecular flexibility index (Phi) is 6.34. The highest BCUT2D eigenvalue weighted by Crippen LogP contribution is 2.40. The molecule has 30 heavy (non-hydrogen) atoms. The second kappa shape index (κ2) is 8.94. The Morgan fingerprint density at radius 1 is 0.967 bits per heavy atom. The molecule has 0 aromatic heterocycles. The molecule has 0 bridgehead atoms.